The minimum Gasteiger partial charge on any atom is -0.467 e. The fourth-order valence-electron chi connectivity index (χ4n) is 2.65. The topological polar surface area (TPSA) is 57.2 Å². The van der Waals surface area contributed by atoms with E-state index in [1.807, 2.05) is 25.1 Å². The number of aliphatic hydroxyl groups excluding tert-OH is 1. The zero-order valence-electron chi connectivity index (χ0n) is 17.6. The van der Waals surface area contributed by atoms with Gasteiger partial charge in [0.15, 0.2) is 13.6 Å². The molecule has 1 aromatic rings. The third kappa shape index (κ3) is 8.74. The highest BCUT2D eigenvalue weighted by Crippen LogP contribution is 2.33. The molecule has 1 aromatic carbocycles. The molecule has 1 rings (SSSR count). The molecule has 0 bridgehead atoms. The van der Waals surface area contributed by atoms with E-state index in [4.69, 9.17) is 24.1 Å². The fraction of sp³-hybridized carbons (Fsp3) is 0.478. The first-order chi connectivity index (χ1) is 13.5. The van der Waals surface area contributed by atoms with Crippen molar-refractivity contribution in [3.05, 3.63) is 59.2 Å². The zero-order valence-corrected chi connectivity index (χ0v) is 17.6. The van der Waals surface area contributed by atoms with Crippen molar-refractivity contribution in [3.8, 4) is 11.5 Å². The van der Waals surface area contributed by atoms with Crippen LogP contribution in [0.1, 0.15) is 37.8 Å². The Labute approximate surface area is 169 Å². The number of allylic oxidation sites excluding steroid dienone is 4. The minimum atomic E-state index is 0.111. The quantitative estimate of drug-likeness (QED) is 0.372. The van der Waals surface area contributed by atoms with E-state index >= 15 is 0 Å². The lowest BCUT2D eigenvalue weighted by atomic mass is 10.0. The van der Waals surface area contributed by atoms with Crippen molar-refractivity contribution >= 4 is 0 Å². The first-order valence-corrected chi connectivity index (χ1v) is 9.47. The number of rotatable bonds is 14. The van der Waals surface area contributed by atoms with Gasteiger partial charge in [-0.25, -0.2) is 0 Å². The highest BCUT2D eigenvalue weighted by molar-refractivity contribution is 5.49. The molecule has 156 valence electrons. The second-order valence-corrected chi connectivity index (χ2v) is 6.67. The van der Waals surface area contributed by atoms with Gasteiger partial charge in [0.2, 0.25) is 0 Å². The molecule has 0 spiro atoms. The number of methoxy groups -OCH3 is 2. The molecule has 0 radical (unpaired) electrons. The van der Waals surface area contributed by atoms with Crippen LogP contribution in [-0.2, 0) is 22.3 Å². The number of benzene rings is 1. The number of aliphatic hydroxyl groups is 1. The van der Waals surface area contributed by atoms with Crippen LogP contribution in [0, 0.1) is 0 Å². The van der Waals surface area contributed by atoms with Crippen molar-refractivity contribution in [2.24, 2.45) is 0 Å². The van der Waals surface area contributed by atoms with Gasteiger partial charge in [-0.15, -0.1) is 6.58 Å². The molecular formula is C23H34O5. The van der Waals surface area contributed by atoms with Gasteiger partial charge < -0.3 is 24.1 Å². The Morgan fingerprint density at radius 2 is 1.57 bits per heavy atom. The number of hydrogen-bond acceptors (Lipinski definition) is 5. The van der Waals surface area contributed by atoms with E-state index in [0.717, 1.165) is 47.5 Å². The summed E-state index contributed by atoms with van der Waals surface area (Å²) in [6.45, 7) is 8.30. The van der Waals surface area contributed by atoms with Crippen molar-refractivity contribution in [3.63, 3.8) is 0 Å². The summed E-state index contributed by atoms with van der Waals surface area (Å²) in [5.41, 5.74) is 4.29. The van der Waals surface area contributed by atoms with Crippen molar-refractivity contribution in [1.82, 2.24) is 0 Å². The first-order valence-electron chi connectivity index (χ1n) is 9.47. The van der Waals surface area contributed by atoms with Crippen molar-refractivity contribution < 1.29 is 24.1 Å². The Morgan fingerprint density at radius 1 is 0.964 bits per heavy atom. The molecule has 5 heteroatoms. The second-order valence-electron chi connectivity index (χ2n) is 6.67. The Balaban J connectivity index is 3.06. The third-order valence-electron chi connectivity index (χ3n) is 4.21. The lowest BCUT2D eigenvalue weighted by molar-refractivity contribution is 0.0447. The van der Waals surface area contributed by atoms with Crippen LogP contribution in [0.4, 0.5) is 0 Å². The summed E-state index contributed by atoms with van der Waals surface area (Å²) < 4.78 is 21.8. The molecule has 0 heterocycles. The van der Waals surface area contributed by atoms with Crippen LogP contribution in [-0.4, -0.2) is 39.5 Å². The van der Waals surface area contributed by atoms with E-state index in [0.29, 0.717) is 6.42 Å². The van der Waals surface area contributed by atoms with Crippen LogP contribution >= 0.6 is 0 Å². The molecule has 0 saturated heterocycles. The lowest BCUT2D eigenvalue weighted by Gasteiger charge is -2.17. The van der Waals surface area contributed by atoms with E-state index in [2.05, 4.69) is 25.7 Å². The average molecular weight is 391 g/mol. The zero-order chi connectivity index (χ0) is 20.8. The molecule has 5 nitrogen and oxygen atoms in total. The predicted molar refractivity (Wildman–Crippen MR) is 113 cm³/mol. The van der Waals surface area contributed by atoms with Crippen molar-refractivity contribution in [1.29, 1.82) is 0 Å². The Morgan fingerprint density at radius 3 is 2.07 bits per heavy atom. The normalized spacial score (nSPS) is 12.2. The smallest absolute Gasteiger partial charge is 0.188 e. The molecule has 0 saturated carbocycles. The molecule has 0 aliphatic heterocycles. The minimum absolute atomic E-state index is 0.111. The van der Waals surface area contributed by atoms with Gasteiger partial charge in [0.05, 0.1) is 6.61 Å². The van der Waals surface area contributed by atoms with Gasteiger partial charge in [-0.05, 0) is 57.2 Å². The van der Waals surface area contributed by atoms with Crippen molar-refractivity contribution in [2.75, 3.05) is 34.4 Å². The van der Waals surface area contributed by atoms with Crippen LogP contribution in [0.25, 0.3) is 0 Å². The maximum Gasteiger partial charge on any atom is 0.188 e. The molecule has 0 atom stereocenters. The standard InChI is InChI=1S/C23H34O5/c1-6-8-20-13-22(27-16-25-4)21(23(14-20)28-17-26-5)12-11-18(2)9-7-10-19(3)15-24/h6,10-11,13-14,24H,1,7-9,12,15-17H2,2-5H3/b18-11+,19-10+. The summed E-state index contributed by atoms with van der Waals surface area (Å²) in [5.74, 6) is 1.49. The largest absolute Gasteiger partial charge is 0.467 e. The van der Waals surface area contributed by atoms with E-state index in [1.54, 1.807) is 14.2 Å². The van der Waals surface area contributed by atoms with Gasteiger partial charge >= 0.3 is 0 Å². The molecular weight excluding hydrogens is 356 g/mol. The van der Waals surface area contributed by atoms with Crippen LogP contribution in [0.3, 0.4) is 0 Å². The molecule has 28 heavy (non-hydrogen) atoms. The SMILES string of the molecule is C=CCc1cc(OCOC)c(C/C=C(\C)CC/C=C(\C)CO)c(OCOC)c1. The maximum atomic E-state index is 9.08. The van der Waals surface area contributed by atoms with E-state index in [9.17, 15) is 0 Å². The first kappa shape index (κ1) is 24.0. The molecule has 0 aliphatic rings. The summed E-state index contributed by atoms with van der Waals surface area (Å²) in [5, 5.41) is 9.08. The monoisotopic (exact) mass is 390 g/mol. The third-order valence-corrected chi connectivity index (χ3v) is 4.21. The summed E-state index contributed by atoms with van der Waals surface area (Å²) in [7, 11) is 3.20. The molecule has 1 N–H and O–H groups in total. The fourth-order valence-corrected chi connectivity index (χ4v) is 2.65. The van der Waals surface area contributed by atoms with Crippen molar-refractivity contribution in [2.45, 2.75) is 39.5 Å². The van der Waals surface area contributed by atoms with Gasteiger partial charge in [-0.3, -0.25) is 0 Å². The Kier molecular flexibility index (Phi) is 12.0. The Bertz CT molecular complexity index is 632. The maximum absolute atomic E-state index is 9.08. The summed E-state index contributed by atoms with van der Waals surface area (Å²) >= 11 is 0. The van der Waals surface area contributed by atoms with E-state index < -0.39 is 0 Å². The van der Waals surface area contributed by atoms with E-state index in [-0.39, 0.29) is 20.2 Å². The van der Waals surface area contributed by atoms with E-state index in [1.165, 1.54) is 5.57 Å². The lowest BCUT2D eigenvalue weighted by Crippen LogP contribution is -2.07. The molecule has 0 aromatic heterocycles. The highest BCUT2D eigenvalue weighted by Gasteiger charge is 2.13. The van der Waals surface area contributed by atoms with Gasteiger partial charge in [-0.2, -0.15) is 0 Å². The van der Waals surface area contributed by atoms with Gasteiger partial charge in [-0.1, -0.05) is 29.4 Å². The van der Waals surface area contributed by atoms with Crippen LogP contribution in [0.15, 0.2) is 48.1 Å². The molecule has 0 amide bonds. The number of ether oxygens (including phenoxy) is 4. The van der Waals surface area contributed by atoms with Crippen LogP contribution < -0.4 is 9.47 Å². The van der Waals surface area contributed by atoms with Gasteiger partial charge in [0.1, 0.15) is 11.5 Å². The number of hydrogen-bond donors (Lipinski definition) is 1. The van der Waals surface area contributed by atoms with Gasteiger partial charge in [0, 0.05) is 19.8 Å². The summed E-state index contributed by atoms with van der Waals surface area (Å²) in [6.07, 6.45) is 9.35. The molecule has 0 aliphatic carbocycles. The molecule has 0 unspecified atom stereocenters. The van der Waals surface area contributed by atoms with Gasteiger partial charge in [0.25, 0.3) is 0 Å². The Hall–Kier alpha value is -2.08. The van der Waals surface area contributed by atoms with Crippen LogP contribution in [0.2, 0.25) is 0 Å². The van der Waals surface area contributed by atoms with Crippen LogP contribution in [0.5, 0.6) is 11.5 Å². The molecule has 0 fully saturated rings. The second kappa shape index (κ2) is 14.0. The summed E-state index contributed by atoms with van der Waals surface area (Å²) in [6, 6.07) is 4.01. The summed E-state index contributed by atoms with van der Waals surface area (Å²) in [4.78, 5) is 0. The highest BCUT2D eigenvalue weighted by atomic mass is 16.7. The predicted octanol–water partition coefficient (Wildman–Crippen LogP) is 4.59. The average Bonchev–Trinajstić information content (AvgIpc) is 2.69.